The van der Waals surface area contributed by atoms with Gasteiger partial charge in [-0.2, -0.15) is 0 Å². The smallest absolute Gasteiger partial charge is 0.335 e. The number of rotatable bonds is 5. The predicted octanol–water partition coefficient (Wildman–Crippen LogP) is 2.95. The first-order valence-electron chi connectivity index (χ1n) is 7.69. The monoisotopic (exact) mass is 325 g/mol. The number of fused-ring (bicyclic) bond motifs is 1. The van der Waals surface area contributed by atoms with E-state index < -0.39 is 5.97 Å². The second kappa shape index (κ2) is 6.33. The van der Waals surface area contributed by atoms with E-state index in [1.165, 1.54) is 0 Å². The van der Waals surface area contributed by atoms with Gasteiger partial charge in [0.15, 0.2) is 0 Å². The van der Waals surface area contributed by atoms with Gasteiger partial charge in [0.2, 0.25) is 0 Å². The molecule has 1 heterocycles. The fourth-order valence-corrected chi connectivity index (χ4v) is 2.90. The molecule has 0 unspecified atom stereocenters. The largest absolute Gasteiger partial charge is 0.478 e. The van der Waals surface area contributed by atoms with Gasteiger partial charge in [0, 0.05) is 17.8 Å². The Bertz CT molecular complexity index is 892. The van der Waals surface area contributed by atoms with Gasteiger partial charge in [-0.25, -0.2) is 9.78 Å². The van der Waals surface area contributed by atoms with Gasteiger partial charge in [0.25, 0.3) is 0 Å². The van der Waals surface area contributed by atoms with Crippen molar-refractivity contribution in [3.63, 3.8) is 0 Å². The number of aryl methyl sites for hydroxylation is 2. The molecule has 0 saturated carbocycles. The van der Waals surface area contributed by atoms with Crippen molar-refractivity contribution in [1.29, 1.82) is 0 Å². The summed E-state index contributed by atoms with van der Waals surface area (Å²) >= 11 is 0. The third-order valence-corrected chi connectivity index (χ3v) is 3.94. The molecule has 3 aromatic rings. The molecule has 2 aromatic carbocycles. The van der Waals surface area contributed by atoms with Gasteiger partial charge in [0.05, 0.1) is 23.2 Å². The maximum atomic E-state index is 11.1. The summed E-state index contributed by atoms with van der Waals surface area (Å²) in [6.07, 6.45) is 0. The Balaban J connectivity index is 2.05. The summed E-state index contributed by atoms with van der Waals surface area (Å²) in [6.45, 7) is 4.58. The average Bonchev–Trinajstić information content (AvgIpc) is 2.94. The number of hydrogen-bond acceptors (Lipinski definition) is 4. The molecule has 0 spiro atoms. The van der Waals surface area contributed by atoms with Gasteiger partial charge in [-0.1, -0.05) is 0 Å². The molecule has 1 aromatic heterocycles. The van der Waals surface area contributed by atoms with Crippen LogP contribution in [0.15, 0.2) is 30.3 Å². The second-order valence-electron chi connectivity index (χ2n) is 5.76. The Morgan fingerprint density at radius 2 is 1.92 bits per heavy atom. The van der Waals surface area contributed by atoms with Crippen molar-refractivity contribution in [2.45, 2.75) is 13.8 Å². The first-order valence-corrected chi connectivity index (χ1v) is 7.69. The van der Waals surface area contributed by atoms with E-state index in [1.54, 1.807) is 18.2 Å². The standard InChI is InChI=1S/C18H19N3O3/c1-10-7-13(19-5-6-22)8-11(2)16(10)17-20-14-4-3-12(18(23)24)9-15(14)21-17/h3-4,7-9,19,22H,5-6H2,1-2H3,(H,20,21)(H,23,24). The second-order valence-corrected chi connectivity index (χ2v) is 5.76. The summed E-state index contributed by atoms with van der Waals surface area (Å²) in [5.41, 5.74) is 5.71. The molecule has 0 radical (unpaired) electrons. The van der Waals surface area contributed by atoms with Crippen LogP contribution >= 0.6 is 0 Å². The number of aromatic carboxylic acids is 1. The van der Waals surface area contributed by atoms with Crippen LogP contribution in [0.25, 0.3) is 22.4 Å². The number of carboxylic acids is 1. The van der Waals surface area contributed by atoms with Gasteiger partial charge >= 0.3 is 5.97 Å². The molecular weight excluding hydrogens is 306 g/mol. The number of imidazole rings is 1. The van der Waals surface area contributed by atoms with Crippen LogP contribution < -0.4 is 5.32 Å². The molecule has 3 rings (SSSR count). The first-order chi connectivity index (χ1) is 11.5. The van der Waals surface area contributed by atoms with Crippen LogP contribution in [-0.2, 0) is 0 Å². The quantitative estimate of drug-likeness (QED) is 0.578. The molecular formula is C18H19N3O3. The lowest BCUT2D eigenvalue weighted by atomic mass is 10.0. The molecule has 0 atom stereocenters. The van der Waals surface area contributed by atoms with Gasteiger partial charge in [0.1, 0.15) is 5.82 Å². The Labute approximate surface area is 139 Å². The van der Waals surface area contributed by atoms with E-state index >= 15 is 0 Å². The Morgan fingerprint density at radius 1 is 1.21 bits per heavy atom. The molecule has 0 aliphatic heterocycles. The summed E-state index contributed by atoms with van der Waals surface area (Å²) < 4.78 is 0. The fraction of sp³-hybridized carbons (Fsp3) is 0.222. The number of aliphatic hydroxyl groups is 1. The number of aliphatic hydroxyl groups excluding tert-OH is 1. The molecule has 0 aliphatic carbocycles. The lowest BCUT2D eigenvalue weighted by molar-refractivity contribution is 0.0697. The van der Waals surface area contributed by atoms with E-state index in [1.807, 2.05) is 26.0 Å². The molecule has 4 N–H and O–H groups in total. The molecule has 24 heavy (non-hydrogen) atoms. The van der Waals surface area contributed by atoms with Crippen molar-refractivity contribution in [1.82, 2.24) is 9.97 Å². The molecule has 6 heteroatoms. The number of benzene rings is 2. The lowest BCUT2D eigenvalue weighted by Gasteiger charge is -2.12. The fourth-order valence-electron chi connectivity index (χ4n) is 2.90. The molecule has 0 aliphatic rings. The summed E-state index contributed by atoms with van der Waals surface area (Å²) in [7, 11) is 0. The number of H-pyrrole nitrogens is 1. The van der Waals surface area contributed by atoms with Crippen molar-refractivity contribution in [3.05, 3.63) is 47.0 Å². The zero-order valence-corrected chi connectivity index (χ0v) is 13.6. The van der Waals surface area contributed by atoms with E-state index in [4.69, 9.17) is 10.2 Å². The highest BCUT2D eigenvalue weighted by atomic mass is 16.4. The van der Waals surface area contributed by atoms with E-state index in [0.717, 1.165) is 33.7 Å². The zero-order valence-electron chi connectivity index (χ0n) is 13.6. The van der Waals surface area contributed by atoms with E-state index in [2.05, 4.69) is 15.3 Å². The van der Waals surface area contributed by atoms with Crippen LogP contribution in [-0.4, -0.2) is 39.3 Å². The number of carbonyl (C=O) groups is 1. The molecule has 0 amide bonds. The number of aromatic amines is 1. The van der Waals surface area contributed by atoms with Crippen molar-refractivity contribution in [2.75, 3.05) is 18.5 Å². The first kappa shape index (κ1) is 16.0. The van der Waals surface area contributed by atoms with Gasteiger partial charge in [-0.05, 0) is 55.3 Å². The molecule has 0 saturated heterocycles. The van der Waals surface area contributed by atoms with Crippen molar-refractivity contribution >= 4 is 22.7 Å². The maximum Gasteiger partial charge on any atom is 0.335 e. The Hall–Kier alpha value is -2.86. The van der Waals surface area contributed by atoms with E-state index in [0.29, 0.717) is 12.1 Å². The van der Waals surface area contributed by atoms with Crippen molar-refractivity contribution in [3.8, 4) is 11.4 Å². The minimum atomic E-state index is -0.959. The van der Waals surface area contributed by atoms with Gasteiger partial charge in [-0.15, -0.1) is 0 Å². The number of carboxylic acid groups (broad SMARTS) is 1. The summed E-state index contributed by atoms with van der Waals surface area (Å²) in [6, 6.07) is 8.87. The topological polar surface area (TPSA) is 98.2 Å². The number of nitrogens with zero attached hydrogens (tertiary/aromatic N) is 1. The Morgan fingerprint density at radius 3 is 2.54 bits per heavy atom. The number of anilines is 1. The summed E-state index contributed by atoms with van der Waals surface area (Å²) in [5, 5.41) is 21.2. The third-order valence-electron chi connectivity index (χ3n) is 3.94. The third kappa shape index (κ3) is 2.96. The van der Waals surface area contributed by atoms with E-state index in [-0.39, 0.29) is 12.2 Å². The van der Waals surface area contributed by atoms with Crippen LogP contribution in [0.1, 0.15) is 21.5 Å². The summed E-state index contributed by atoms with van der Waals surface area (Å²) in [4.78, 5) is 18.9. The number of nitrogens with one attached hydrogen (secondary N) is 2. The highest BCUT2D eigenvalue weighted by Crippen LogP contribution is 2.30. The van der Waals surface area contributed by atoms with Crippen LogP contribution in [0.4, 0.5) is 5.69 Å². The SMILES string of the molecule is Cc1cc(NCCO)cc(C)c1-c1nc2ccc(C(=O)O)cc2[nH]1. The number of hydrogen-bond donors (Lipinski definition) is 4. The Kier molecular flexibility index (Phi) is 4.22. The molecule has 0 bridgehead atoms. The average molecular weight is 325 g/mol. The van der Waals surface area contributed by atoms with Crippen molar-refractivity contribution in [2.24, 2.45) is 0 Å². The summed E-state index contributed by atoms with van der Waals surface area (Å²) in [5.74, 6) is -0.240. The van der Waals surface area contributed by atoms with Crippen molar-refractivity contribution < 1.29 is 15.0 Å². The predicted molar refractivity (Wildman–Crippen MR) is 93.5 cm³/mol. The highest BCUT2D eigenvalue weighted by Gasteiger charge is 2.13. The minimum Gasteiger partial charge on any atom is -0.478 e. The van der Waals surface area contributed by atoms with Gasteiger partial charge in [-0.3, -0.25) is 0 Å². The zero-order chi connectivity index (χ0) is 17.3. The molecule has 124 valence electrons. The molecule has 6 nitrogen and oxygen atoms in total. The van der Waals surface area contributed by atoms with E-state index in [9.17, 15) is 4.79 Å². The van der Waals surface area contributed by atoms with Crippen LogP contribution in [0.5, 0.6) is 0 Å². The highest BCUT2D eigenvalue weighted by molar-refractivity contribution is 5.93. The van der Waals surface area contributed by atoms with Crippen LogP contribution in [0.3, 0.4) is 0 Å². The lowest BCUT2D eigenvalue weighted by Crippen LogP contribution is -2.06. The maximum absolute atomic E-state index is 11.1. The normalized spacial score (nSPS) is 11.0. The minimum absolute atomic E-state index is 0.0787. The number of aromatic nitrogens is 2. The van der Waals surface area contributed by atoms with Crippen LogP contribution in [0, 0.1) is 13.8 Å². The molecule has 0 fully saturated rings. The van der Waals surface area contributed by atoms with Gasteiger partial charge < -0.3 is 20.5 Å². The van der Waals surface area contributed by atoms with Crippen LogP contribution in [0.2, 0.25) is 0 Å².